The molecule has 0 spiro atoms. The van der Waals surface area contributed by atoms with Crippen LogP contribution < -0.4 is 15.8 Å². The van der Waals surface area contributed by atoms with Crippen LogP contribution in [0.25, 0.3) is 0 Å². The highest BCUT2D eigenvalue weighted by molar-refractivity contribution is 7.86. The number of guanidine groups is 1. The number of nitrogens with two attached hydrogens (primary N) is 1. The molecular weight excluding hydrogens is 342 g/mol. The summed E-state index contributed by atoms with van der Waals surface area (Å²) in [4.78, 5) is 4.34. The van der Waals surface area contributed by atoms with E-state index in [1.54, 1.807) is 21.2 Å². The summed E-state index contributed by atoms with van der Waals surface area (Å²) in [6.45, 7) is 0.847. The van der Waals surface area contributed by atoms with E-state index in [0.29, 0.717) is 18.8 Å². The molecule has 2 rings (SSSR count). The molecule has 1 saturated heterocycles. The van der Waals surface area contributed by atoms with Gasteiger partial charge in [-0.1, -0.05) is 12.5 Å². The smallest absolute Gasteiger partial charge is 0.281 e. The second-order valence-corrected chi connectivity index (χ2v) is 8.23. The van der Waals surface area contributed by atoms with Crippen molar-refractivity contribution in [1.29, 1.82) is 0 Å². The van der Waals surface area contributed by atoms with Gasteiger partial charge in [-0.15, -0.1) is 0 Å². The van der Waals surface area contributed by atoms with Gasteiger partial charge in [-0.3, -0.25) is 4.99 Å². The number of anilines is 1. The molecule has 0 aliphatic carbocycles. The van der Waals surface area contributed by atoms with Crippen LogP contribution in [-0.2, 0) is 10.2 Å². The van der Waals surface area contributed by atoms with Crippen LogP contribution in [0.5, 0.6) is 5.75 Å². The Morgan fingerprint density at radius 3 is 2.88 bits per heavy atom. The first-order valence-electron chi connectivity index (χ1n) is 8.25. The van der Waals surface area contributed by atoms with Gasteiger partial charge < -0.3 is 15.8 Å². The summed E-state index contributed by atoms with van der Waals surface area (Å²) in [5.41, 5.74) is 6.71. The molecule has 1 aromatic carbocycles. The Kier molecular flexibility index (Phi) is 6.63. The SMILES string of the molecule is COc1cccc(NC(N)=NCC2CCCCN2S(=O)(=O)N(C)C)c1. The number of aliphatic imine (C=N–C) groups is 1. The minimum Gasteiger partial charge on any atom is -0.497 e. The van der Waals surface area contributed by atoms with Crippen LogP contribution in [0, 0.1) is 0 Å². The number of nitrogens with zero attached hydrogens (tertiary/aromatic N) is 3. The fraction of sp³-hybridized carbons (Fsp3) is 0.562. The van der Waals surface area contributed by atoms with Gasteiger partial charge in [-0.2, -0.15) is 17.0 Å². The molecule has 1 heterocycles. The van der Waals surface area contributed by atoms with Gasteiger partial charge >= 0.3 is 0 Å². The number of hydrogen-bond donors (Lipinski definition) is 2. The minimum absolute atomic E-state index is 0.174. The van der Waals surface area contributed by atoms with E-state index in [-0.39, 0.29) is 12.0 Å². The predicted octanol–water partition coefficient (Wildman–Crippen LogP) is 1.08. The number of hydrogen-bond acceptors (Lipinski definition) is 4. The lowest BCUT2D eigenvalue weighted by Gasteiger charge is -2.35. The number of benzene rings is 1. The lowest BCUT2D eigenvalue weighted by atomic mass is 10.1. The summed E-state index contributed by atoms with van der Waals surface area (Å²) in [5.74, 6) is 0.967. The Labute approximate surface area is 149 Å². The molecule has 1 aromatic rings. The predicted molar refractivity (Wildman–Crippen MR) is 100 cm³/mol. The molecule has 1 atom stereocenters. The van der Waals surface area contributed by atoms with Crippen LogP contribution in [0.3, 0.4) is 0 Å². The number of ether oxygens (including phenoxy) is 1. The first-order valence-corrected chi connectivity index (χ1v) is 9.64. The van der Waals surface area contributed by atoms with Gasteiger partial charge in [-0.05, 0) is 25.0 Å². The first-order chi connectivity index (χ1) is 11.8. The molecule has 0 amide bonds. The van der Waals surface area contributed by atoms with E-state index >= 15 is 0 Å². The summed E-state index contributed by atoms with van der Waals surface area (Å²) in [7, 11) is 1.24. The molecule has 0 saturated carbocycles. The zero-order valence-electron chi connectivity index (χ0n) is 15.0. The first kappa shape index (κ1) is 19.5. The fourth-order valence-electron chi connectivity index (χ4n) is 2.76. The molecule has 1 aliphatic heterocycles. The van der Waals surface area contributed by atoms with Crippen molar-refractivity contribution in [3.05, 3.63) is 24.3 Å². The largest absolute Gasteiger partial charge is 0.497 e. The Morgan fingerprint density at radius 1 is 1.44 bits per heavy atom. The van der Waals surface area contributed by atoms with Crippen LogP contribution >= 0.6 is 0 Å². The van der Waals surface area contributed by atoms with E-state index in [2.05, 4.69) is 10.3 Å². The van der Waals surface area contributed by atoms with E-state index in [4.69, 9.17) is 10.5 Å². The van der Waals surface area contributed by atoms with Crippen molar-refractivity contribution < 1.29 is 13.2 Å². The second kappa shape index (κ2) is 8.50. The van der Waals surface area contributed by atoms with E-state index in [1.807, 2.05) is 24.3 Å². The number of rotatable bonds is 6. The van der Waals surface area contributed by atoms with Crippen molar-refractivity contribution in [2.45, 2.75) is 25.3 Å². The molecule has 8 nitrogen and oxygen atoms in total. The third kappa shape index (κ3) is 5.07. The maximum absolute atomic E-state index is 12.4. The highest BCUT2D eigenvalue weighted by atomic mass is 32.2. The summed E-state index contributed by atoms with van der Waals surface area (Å²) in [6.07, 6.45) is 2.64. The molecule has 1 fully saturated rings. The Hall–Kier alpha value is -1.84. The molecule has 140 valence electrons. The zero-order chi connectivity index (χ0) is 18.4. The summed E-state index contributed by atoms with van der Waals surface area (Å²) < 4.78 is 32.8. The van der Waals surface area contributed by atoms with Gasteiger partial charge in [0, 0.05) is 38.4 Å². The molecule has 3 N–H and O–H groups in total. The third-order valence-electron chi connectivity index (χ3n) is 4.15. The van der Waals surface area contributed by atoms with Crippen LogP contribution in [0.15, 0.2) is 29.3 Å². The van der Waals surface area contributed by atoms with E-state index in [1.165, 1.54) is 8.61 Å². The summed E-state index contributed by atoms with van der Waals surface area (Å²) in [5, 5.41) is 3.00. The van der Waals surface area contributed by atoms with Gasteiger partial charge in [0.2, 0.25) is 0 Å². The van der Waals surface area contributed by atoms with Crippen molar-refractivity contribution >= 4 is 21.9 Å². The standard InChI is InChI=1S/C16H27N5O3S/c1-20(2)25(22,23)21-10-5-4-8-14(21)12-18-16(17)19-13-7-6-9-15(11-13)24-3/h6-7,9,11,14H,4-5,8,10,12H2,1-3H3,(H3,17,18,19). The average molecular weight is 369 g/mol. The maximum atomic E-state index is 12.4. The van der Waals surface area contributed by atoms with Crippen molar-refractivity contribution in [3.63, 3.8) is 0 Å². The minimum atomic E-state index is -3.45. The Balaban J connectivity index is 2.04. The lowest BCUT2D eigenvalue weighted by Crippen LogP contribution is -2.50. The van der Waals surface area contributed by atoms with Crippen LogP contribution in [0.1, 0.15) is 19.3 Å². The highest BCUT2D eigenvalue weighted by Gasteiger charge is 2.33. The Morgan fingerprint density at radius 2 is 2.20 bits per heavy atom. The molecule has 1 unspecified atom stereocenters. The quantitative estimate of drug-likeness (QED) is 0.577. The number of nitrogens with one attached hydrogen (secondary N) is 1. The van der Waals surface area contributed by atoms with Gasteiger partial charge in [0.05, 0.1) is 13.7 Å². The van der Waals surface area contributed by atoms with E-state index in [9.17, 15) is 8.42 Å². The monoisotopic (exact) mass is 369 g/mol. The molecule has 0 radical (unpaired) electrons. The molecular formula is C16H27N5O3S. The van der Waals surface area contributed by atoms with E-state index < -0.39 is 10.2 Å². The maximum Gasteiger partial charge on any atom is 0.281 e. The van der Waals surface area contributed by atoms with Gasteiger partial charge in [0.25, 0.3) is 10.2 Å². The summed E-state index contributed by atoms with van der Waals surface area (Å²) >= 11 is 0. The van der Waals surface area contributed by atoms with Crippen molar-refractivity contribution in [1.82, 2.24) is 8.61 Å². The van der Waals surface area contributed by atoms with Crippen molar-refractivity contribution in [2.24, 2.45) is 10.7 Å². The molecule has 0 aromatic heterocycles. The van der Waals surface area contributed by atoms with Crippen molar-refractivity contribution in [2.75, 3.05) is 39.6 Å². The second-order valence-electron chi connectivity index (χ2n) is 6.13. The molecule has 0 bridgehead atoms. The van der Waals surface area contributed by atoms with Gasteiger partial charge in [0.1, 0.15) is 5.75 Å². The number of methoxy groups -OCH3 is 1. The van der Waals surface area contributed by atoms with Crippen LogP contribution in [0.4, 0.5) is 5.69 Å². The summed E-state index contributed by atoms with van der Waals surface area (Å²) in [6, 6.07) is 7.18. The van der Waals surface area contributed by atoms with Gasteiger partial charge in [0.15, 0.2) is 5.96 Å². The Bertz CT molecular complexity index is 705. The normalized spacial score (nSPS) is 19.8. The van der Waals surface area contributed by atoms with Crippen molar-refractivity contribution in [3.8, 4) is 5.75 Å². The van der Waals surface area contributed by atoms with Gasteiger partial charge in [-0.25, -0.2) is 0 Å². The van der Waals surface area contributed by atoms with Crippen LogP contribution in [0.2, 0.25) is 0 Å². The molecule has 25 heavy (non-hydrogen) atoms. The number of piperidine rings is 1. The van der Waals surface area contributed by atoms with E-state index in [0.717, 1.165) is 24.9 Å². The molecule has 9 heteroatoms. The highest BCUT2D eigenvalue weighted by Crippen LogP contribution is 2.22. The average Bonchev–Trinajstić information content (AvgIpc) is 2.60. The zero-order valence-corrected chi connectivity index (χ0v) is 15.8. The third-order valence-corrected chi connectivity index (χ3v) is 6.14. The molecule has 1 aliphatic rings. The fourth-order valence-corrected chi connectivity index (χ4v) is 4.09. The lowest BCUT2D eigenvalue weighted by molar-refractivity contribution is 0.245. The topological polar surface area (TPSA) is 100 Å². The van der Waals surface area contributed by atoms with Crippen LogP contribution in [-0.4, -0.2) is 63.3 Å².